The Hall–Kier alpha value is -1.64. The molecule has 0 fully saturated rings. The van der Waals surface area contributed by atoms with Gasteiger partial charge in [0.2, 0.25) is 0 Å². The van der Waals surface area contributed by atoms with Crippen LogP contribution in [0.2, 0.25) is 0 Å². The predicted molar refractivity (Wildman–Crippen MR) is 187 cm³/mol. The molecule has 5 aromatic heterocycles. The van der Waals surface area contributed by atoms with Gasteiger partial charge >= 0.3 is 0 Å². The summed E-state index contributed by atoms with van der Waals surface area (Å²) in [6.45, 7) is 4.56. The fraction of sp³-hybridized carbons (Fsp3) is 0.471. The van der Waals surface area contributed by atoms with Gasteiger partial charge in [0, 0.05) is 29.3 Å². The Morgan fingerprint density at radius 1 is 0.390 bits per heavy atom. The summed E-state index contributed by atoms with van der Waals surface area (Å²) < 4.78 is 0. The van der Waals surface area contributed by atoms with Gasteiger partial charge in [-0.2, -0.15) is 0 Å². The largest absolute Gasteiger partial charge is 0.158 e. The van der Waals surface area contributed by atoms with Gasteiger partial charge in [-0.1, -0.05) is 89.4 Å². The number of hydrogen-bond donors (Lipinski definition) is 0. The first-order valence-electron chi connectivity index (χ1n) is 15.5. The summed E-state index contributed by atoms with van der Waals surface area (Å²) in [5.41, 5.74) is 0. The van der Waals surface area contributed by atoms with E-state index in [1.165, 1.54) is 129 Å². The van der Waals surface area contributed by atoms with Gasteiger partial charge in [0.15, 0.2) is 10.0 Å². The van der Waals surface area contributed by atoms with Crippen molar-refractivity contribution in [1.29, 1.82) is 0 Å². The van der Waals surface area contributed by atoms with Crippen molar-refractivity contribution in [3.8, 4) is 39.3 Å². The van der Waals surface area contributed by atoms with Gasteiger partial charge < -0.3 is 0 Å². The predicted octanol–water partition coefficient (Wildman–Crippen LogP) is 13.3. The third kappa shape index (κ3) is 8.93. The highest BCUT2D eigenvalue weighted by atomic mass is 32.1. The minimum absolute atomic E-state index is 1.02. The van der Waals surface area contributed by atoms with Gasteiger partial charge in [0.1, 0.15) is 0 Å². The zero-order valence-corrected chi connectivity index (χ0v) is 28.5. The maximum atomic E-state index is 4.58. The second-order valence-corrected chi connectivity index (χ2v) is 16.3. The van der Waals surface area contributed by atoms with Crippen LogP contribution >= 0.6 is 56.7 Å². The third-order valence-corrected chi connectivity index (χ3v) is 13.5. The lowest BCUT2D eigenvalue weighted by molar-refractivity contribution is 0.609. The Balaban J connectivity index is 1.14. The average molecular weight is 639 g/mol. The molecular formula is C34H42N2S5. The number of thiophene rings is 4. The summed E-state index contributed by atoms with van der Waals surface area (Å²) in [5.74, 6) is 0. The van der Waals surface area contributed by atoms with Crippen LogP contribution in [0.25, 0.3) is 39.3 Å². The molecule has 41 heavy (non-hydrogen) atoms. The van der Waals surface area contributed by atoms with E-state index in [0.717, 1.165) is 10.0 Å². The molecule has 0 aliphatic rings. The maximum absolute atomic E-state index is 4.58. The van der Waals surface area contributed by atoms with E-state index in [9.17, 15) is 0 Å². The van der Waals surface area contributed by atoms with Crippen molar-refractivity contribution in [3.63, 3.8) is 0 Å². The molecule has 0 aliphatic carbocycles. The van der Waals surface area contributed by atoms with Crippen molar-refractivity contribution in [2.24, 2.45) is 0 Å². The number of rotatable bonds is 18. The van der Waals surface area contributed by atoms with E-state index in [1.54, 1.807) is 11.3 Å². The van der Waals surface area contributed by atoms with Gasteiger partial charge in [0.25, 0.3) is 0 Å². The molecule has 0 spiro atoms. The lowest BCUT2D eigenvalue weighted by Crippen LogP contribution is -1.82. The van der Waals surface area contributed by atoms with Crippen molar-refractivity contribution >= 4 is 56.7 Å². The summed E-state index contributed by atoms with van der Waals surface area (Å²) in [5, 5.41) is 11.2. The molecule has 7 heteroatoms. The summed E-state index contributed by atoms with van der Waals surface area (Å²) in [6.07, 6.45) is 18.7. The lowest BCUT2D eigenvalue weighted by atomic mass is 10.1. The van der Waals surface area contributed by atoms with Gasteiger partial charge in [0.05, 0.1) is 9.75 Å². The minimum atomic E-state index is 1.02. The highest BCUT2D eigenvalue weighted by molar-refractivity contribution is 7.29. The molecule has 0 atom stereocenters. The van der Waals surface area contributed by atoms with Crippen molar-refractivity contribution in [2.75, 3.05) is 0 Å². The fourth-order valence-corrected chi connectivity index (χ4v) is 10.3. The first-order valence-corrected chi connectivity index (χ1v) is 19.5. The lowest BCUT2D eigenvalue weighted by Gasteiger charge is -1.99. The number of aryl methyl sites for hydroxylation is 2. The first-order chi connectivity index (χ1) is 20.2. The molecule has 5 rings (SSSR count). The summed E-state index contributed by atoms with van der Waals surface area (Å²) in [7, 11) is 0. The number of hydrogen-bond acceptors (Lipinski definition) is 7. The minimum Gasteiger partial charge on any atom is -0.139 e. The zero-order valence-electron chi connectivity index (χ0n) is 24.5. The molecule has 0 bridgehead atoms. The van der Waals surface area contributed by atoms with E-state index in [0.29, 0.717) is 0 Å². The molecule has 0 aliphatic heterocycles. The smallest absolute Gasteiger partial charge is 0.139 e. The zero-order chi connectivity index (χ0) is 28.3. The van der Waals surface area contributed by atoms with Gasteiger partial charge in [-0.25, -0.2) is 0 Å². The van der Waals surface area contributed by atoms with Crippen LogP contribution in [0.15, 0.2) is 48.5 Å². The monoisotopic (exact) mass is 638 g/mol. The Kier molecular flexibility index (Phi) is 12.2. The molecule has 0 saturated heterocycles. The van der Waals surface area contributed by atoms with Crippen LogP contribution in [-0.4, -0.2) is 10.2 Å². The van der Waals surface area contributed by atoms with Crippen LogP contribution in [0.3, 0.4) is 0 Å². The highest BCUT2D eigenvalue weighted by Crippen LogP contribution is 2.42. The molecule has 5 heterocycles. The molecule has 0 aromatic carbocycles. The van der Waals surface area contributed by atoms with Crippen molar-refractivity contribution in [3.05, 3.63) is 58.3 Å². The summed E-state index contributed by atoms with van der Waals surface area (Å²) >= 11 is 9.30. The summed E-state index contributed by atoms with van der Waals surface area (Å²) in [6, 6.07) is 18.2. The van der Waals surface area contributed by atoms with Gasteiger partial charge in [-0.05, 0) is 74.2 Å². The molecule has 0 saturated carbocycles. The highest BCUT2D eigenvalue weighted by Gasteiger charge is 2.15. The SMILES string of the molecule is CCCCCCCCc1ccc(-c2ccc(-c3nnc(-c4ccc(-c5ccc(CCCCCCCC)s5)s4)s3)s2)s1. The van der Waals surface area contributed by atoms with Crippen LogP contribution in [0.1, 0.15) is 101 Å². The normalized spacial score (nSPS) is 11.6. The van der Waals surface area contributed by atoms with E-state index in [-0.39, 0.29) is 0 Å². The van der Waals surface area contributed by atoms with Gasteiger partial charge in [-0.3, -0.25) is 0 Å². The molecule has 0 N–H and O–H groups in total. The van der Waals surface area contributed by atoms with Gasteiger partial charge in [-0.15, -0.1) is 55.5 Å². The van der Waals surface area contributed by atoms with Crippen LogP contribution in [0.4, 0.5) is 0 Å². The quantitative estimate of drug-likeness (QED) is 0.0892. The van der Waals surface area contributed by atoms with Crippen LogP contribution < -0.4 is 0 Å². The summed E-state index contributed by atoms with van der Waals surface area (Å²) in [4.78, 5) is 10.9. The van der Waals surface area contributed by atoms with Crippen LogP contribution in [0.5, 0.6) is 0 Å². The Morgan fingerprint density at radius 3 is 1.22 bits per heavy atom. The molecule has 0 radical (unpaired) electrons. The molecule has 0 unspecified atom stereocenters. The van der Waals surface area contributed by atoms with E-state index in [2.05, 4.69) is 72.6 Å². The van der Waals surface area contributed by atoms with E-state index < -0.39 is 0 Å². The fourth-order valence-electron chi connectivity index (χ4n) is 5.04. The molecule has 5 aromatic rings. The van der Waals surface area contributed by atoms with Crippen molar-refractivity contribution in [1.82, 2.24) is 10.2 Å². The number of aromatic nitrogens is 2. The Morgan fingerprint density at radius 2 is 0.756 bits per heavy atom. The topological polar surface area (TPSA) is 25.8 Å². The molecule has 0 amide bonds. The van der Waals surface area contributed by atoms with Crippen LogP contribution in [-0.2, 0) is 12.8 Å². The standard InChI is InChI=1S/C34H42N2S5/c1-3-5-7-9-11-13-15-25-17-19-27(37-25)29-21-23-31(39-29)33-35-36-34(41-33)32-24-22-30(40-32)28-20-18-26(38-28)16-14-12-10-8-6-4-2/h17-24H,3-16H2,1-2H3. The third-order valence-electron chi connectivity index (χ3n) is 7.42. The second kappa shape index (κ2) is 16.3. The first kappa shape index (κ1) is 30.8. The van der Waals surface area contributed by atoms with Crippen molar-refractivity contribution < 1.29 is 0 Å². The Bertz CT molecular complexity index is 1340. The Labute approximate surface area is 266 Å². The average Bonchev–Trinajstić information content (AvgIpc) is 3.81. The number of nitrogens with zero attached hydrogens (tertiary/aromatic N) is 2. The molecule has 2 nitrogen and oxygen atoms in total. The van der Waals surface area contributed by atoms with E-state index >= 15 is 0 Å². The molecule has 218 valence electrons. The van der Waals surface area contributed by atoms with E-state index in [1.807, 2.05) is 45.3 Å². The van der Waals surface area contributed by atoms with Crippen molar-refractivity contribution in [2.45, 2.75) is 104 Å². The molecular weight excluding hydrogens is 597 g/mol. The van der Waals surface area contributed by atoms with Crippen LogP contribution in [0, 0.1) is 0 Å². The van der Waals surface area contributed by atoms with E-state index in [4.69, 9.17) is 0 Å². The second-order valence-electron chi connectivity index (χ2n) is 10.8. The maximum Gasteiger partial charge on any atom is 0.158 e. The number of unbranched alkanes of at least 4 members (excludes halogenated alkanes) is 10.